The molecular formula is C8H5ClF3N3O. The fourth-order valence-electron chi connectivity index (χ4n) is 1.26. The first-order chi connectivity index (χ1) is 7.43. The first-order valence-electron chi connectivity index (χ1n) is 4.14. The van der Waals surface area contributed by atoms with Crippen molar-refractivity contribution >= 4 is 17.2 Å². The number of pyridine rings is 1. The molecule has 0 aliphatic rings. The Morgan fingerprint density at radius 1 is 1.38 bits per heavy atom. The fraction of sp³-hybridized carbons (Fsp3) is 0.250. The molecule has 0 spiro atoms. The molecule has 0 radical (unpaired) electrons. The lowest BCUT2D eigenvalue weighted by molar-refractivity contribution is -0.137. The van der Waals surface area contributed by atoms with Crippen LogP contribution in [0.5, 0.6) is 0 Å². The number of alkyl halides is 3. The van der Waals surface area contributed by atoms with Crippen molar-refractivity contribution in [1.82, 2.24) is 14.6 Å². The quantitative estimate of drug-likeness (QED) is 0.842. The van der Waals surface area contributed by atoms with Crippen molar-refractivity contribution in [2.45, 2.75) is 12.8 Å². The van der Waals surface area contributed by atoms with E-state index in [0.717, 1.165) is 16.7 Å². The van der Waals surface area contributed by atoms with Gasteiger partial charge in [-0.1, -0.05) is 11.6 Å². The van der Waals surface area contributed by atoms with Crippen LogP contribution in [-0.4, -0.2) is 19.7 Å². The van der Waals surface area contributed by atoms with Gasteiger partial charge in [0.15, 0.2) is 11.5 Å². The SMILES string of the molecule is OCc1nnc2c(Cl)cc(C(F)(F)F)cn12. The Morgan fingerprint density at radius 3 is 2.62 bits per heavy atom. The monoisotopic (exact) mass is 251 g/mol. The molecule has 0 unspecified atom stereocenters. The minimum Gasteiger partial charge on any atom is -0.388 e. The zero-order chi connectivity index (χ0) is 11.9. The number of rotatable bonds is 1. The van der Waals surface area contributed by atoms with E-state index in [9.17, 15) is 13.2 Å². The van der Waals surface area contributed by atoms with Crippen LogP contribution in [0.2, 0.25) is 5.02 Å². The number of aromatic nitrogens is 3. The summed E-state index contributed by atoms with van der Waals surface area (Å²) in [5.41, 5.74) is -0.835. The highest BCUT2D eigenvalue weighted by Gasteiger charge is 2.32. The summed E-state index contributed by atoms with van der Waals surface area (Å²) in [5, 5.41) is 15.8. The smallest absolute Gasteiger partial charge is 0.388 e. The molecule has 0 amide bonds. The Hall–Kier alpha value is -1.34. The molecule has 0 aliphatic heterocycles. The van der Waals surface area contributed by atoms with Crippen LogP contribution in [0.15, 0.2) is 12.3 Å². The van der Waals surface area contributed by atoms with Crippen LogP contribution in [0.25, 0.3) is 5.65 Å². The van der Waals surface area contributed by atoms with Crippen LogP contribution < -0.4 is 0 Å². The van der Waals surface area contributed by atoms with Crippen molar-refractivity contribution in [3.05, 3.63) is 28.7 Å². The van der Waals surface area contributed by atoms with Gasteiger partial charge in [-0.25, -0.2) is 0 Å². The lowest BCUT2D eigenvalue weighted by atomic mass is 10.3. The van der Waals surface area contributed by atoms with E-state index in [0.29, 0.717) is 0 Å². The molecule has 0 saturated heterocycles. The van der Waals surface area contributed by atoms with Gasteiger partial charge in [0.25, 0.3) is 0 Å². The number of hydrogen-bond acceptors (Lipinski definition) is 3. The average Bonchev–Trinajstić information content (AvgIpc) is 2.59. The van der Waals surface area contributed by atoms with Gasteiger partial charge in [0.1, 0.15) is 6.61 Å². The molecule has 2 heterocycles. The molecule has 16 heavy (non-hydrogen) atoms. The molecule has 2 aromatic heterocycles. The van der Waals surface area contributed by atoms with Crippen molar-refractivity contribution < 1.29 is 18.3 Å². The fourth-order valence-corrected chi connectivity index (χ4v) is 1.51. The van der Waals surface area contributed by atoms with Gasteiger partial charge in [-0.15, -0.1) is 10.2 Å². The maximum atomic E-state index is 12.5. The largest absolute Gasteiger partial charge is 0.417 e. The van der Waals surface area contributed by atoms with Crippen LogP contribution in [0.4, 0.5) is 13.2 Å². The van der Waals surface area contributed by atoms with Crippen molar-refractivity contribution in [2.75, 3.05) is 0 Å². The van der Waals surface area contributed by atoms with E-state index in [1.807, 2.05) is 0 Å². The molecular weight excluding hydrogens is 247 g/mol. The highest BCUT2D eigenvalue weighted by Crippen LogP contribution is 2.32. The Kier molecular flexibility index (Phi) is 2.51. The van der Waals surface area contributed by atoms with E-state index >= 15 is 0 Å². The van der Waals surface area contributed by atoms with Crippen LogP contribution in [0, 0.1) is 0 Å². The molecule has 0 atom stereocenters. The third-order valence-corrected chi connectivity index (χ3v) is 2.28. The van der Waals surface area contributed by atoms with Gasteiger partial charge in [-0.3, -0.25) is 4.40 Å². The molecule has 8 heteroatoms. The maximum absolute atomic E-state index is 12.5. The number of halogens is 4. The van der Waals surface area contributed by atoms with Crippen molar-refractivity contribution in [1.29, 1.82) is 0 Å². The zero-order valence-corrected chi connectivity index (χ0v) is 8.42. The Balaban J connectivity index is 2.73. The van der Waals surface area contributed by atoms with Crippen LogP contribution >= 0.6 is 11.6 Å². The van der Waals surface area contributed by atoms with Gasteiger partial charge in [-0.05, 0) is 6.07 Å². The van der Waals surface area contributed by atoms with E-state index in [2.05, 4.69) is 10.2 Å². The van der Waals surface area contributed by atoms with Gasteiger partial charge in [0.2, 0.25) is 0 Å². The minimum absolute atomic E-state index is 0.00278. The lowest BCUT2D eigenvalue weighted by Gasteiger charge is -2.08. The minimum atomic E-state index is -4.51. The van der Waals surface area contributed by atoms with E-state index in [4.69, 9.17) is 16.7 Å². The molecule has 0 aromatic carbocycles. The highest BCUT2D eigenvalue weighted by molar-refractivity contribution is 6.33. The van der Waals surface area contributed by atoms with E-state index in [1.54, 1.807) is 0 Å². The number of hydrogen-bond donors (Lipinski definition) is 1. The van der Waals surface area contributed by atoms with E-state index < -0.39 is 18.3 Å². The summed E-state index contributed by atoms with van der Waals surface area (Å²) in [7, 11) is 0. The molecule has 4 nitrogen and oxygen atoms in total. The highest BCUT2D eigenvalue weighted by atomic mass is 35.5. The summed E-state index contributed by atoms with van der Waals surface area (Å²) in [4.78, 5) is 0. The molecule has 0 bridgehead atoms. The summed E-state index contributed by atoms with van der Waals surface area (Å²) in [5.74, 6) is 0.00278. The molecule has 2 rings (SSSR count). The number of nitrogens with zero attached hydrogens (tertiary/aromatic N) is 3. The predicted molar refractivity (Wildman–Crippen MR) is 48.9 cm³/mol. The van der Waals surface area contributed by atoms with Crippen LogP contribution in [-0.2, 0) is 12.8 Å². The molecule has 1 N–H and O–H groups in total. The summed E-state index contributed by atoms with van der Waals surface area (Å²) < 4.78 is 38.4. The van der Waals surface area contributed by atoms with Crippen LogP contribution in [0.1, 0.15) is 11.4 Å². The van der Waals surface area contributed by atoms with Gasteiger partial charge in [-0.2, -0.15) is 13.2 Å². The third kappa shape index (κ3) is 1.72. The summed E-state index contributed by atoms with van der Waals surface area (Å²) in [6.45, 7) is -0.515. The standard InChI is InChI=1S/C8H5ClF3N3O/c9-5-1-4(8(10,11)12)2-15-6(3-16)13-14-7(5)15/h1-2,16H,3H2. The number of aliphatic hydroxyl groups excluding tert-OH is 1. The number of fused-ring (bicyclic) bond motifs is 1. The lowest BCUT2D eigenvalue weighted by Crippen LogP contribution is -2.07. The van der Waals surface area contributed by atoms with Crippen molar-refractivity contribution in [3.63, 3.8) is 0 Å². The molecule has 2 aromatic rings. The molecule has 86 valence electrons. The second kappa shape index (κ2) is 3.60. The van der Waals surface area contributed by atoms with Crippen LogP contribution in [0.3, 0.4) is 0 Å². The first kappa shape index (κ1) is 11.2. The van der Waals surface area contributed by atoms with E-state index in [1.165, 1.54) is 0 Å². The van der Waals surface area contributed by atoms with Gasteiger partial charge in [0.05, 0.1) is 10.6 Å². The first-order valence-corrected chi connectivity index (χ1v) is 4.52. The normalized spacial score (nSPS) is 12.3. The number of aliphatic hydroxyl groups is 1. The van der Waals surface area contributed by atoms with Crippen molar-refractivity contribution in [3.8, 4) is 0 Å². The third-order valence-electron chi connectivity index (χ3n) is 2.00. The molecule has 0 saturated carbocycles. The second-order valence-corrected chi connectivity index (χ2v) is 3.45. The summed E-state index contributed by atoms with van der Waals surface area (Å²) in [6, 6.07) is 0.771. The molecule has 0 aliphatic carbocycles. The maximum Gasteiger partial charge on any atom is 0.417 e. The van der Waals surface area contributed by atoms with Gasteiger partial charge in [0, 0.05) is 6.20 Å². The topological polar surface area (TPSA) is 50.4 Å². The zero-order valence-electron chi connectivity index (χ0n) is 7.66. The average molecular weight is 252 g/mol. The van der Waals surface area contributed by atoms with Gasteiger partial charge >= 0.3 is 6.18 Å². The second-order valence-electron chi connectivity index (χ2n) is 3.04. The predicted octanol–water partition coefficient (Wildman–Crippen LogP) is 1.89. The Morgan fingerprint density at radius 2 is 2.06 bits per heavy atom. The van der Waals surface area contributed by atoms with Gasteiger partial charge < -0.3 is 5.11 Å². The van der Waals surface area contributed by atoms with Crippen molar-refractivity contribution in [2.24, 2.45) is 0 Å². The summed E-state index contributed by atoms with van der Waals surface area (Å²) in [6.07, 6.45) is -3.71. The Labute approximate surface area is 92.3 Å². The Bertz CT molecular complexity index is 537. The summed E-state index contributed by atoms with van der Waals surface area (Å²) >= 11 is 5.63. The van der Waals surface area contributed by atoms with E-state index in [-0.39, 0.29) is 16.5 Å². The molecule has 0 fully saturated rings.